The SMILES string of the molecule is COCCOc1ccc(S(=O)(=O)Nc2ccc(S(=O)(=O)N(C)C3CCCCC3)cc2)cc1. The van der Waals surface area contributed by atoms with Crippen LogP contribution < -0.4 is 9.46 Å². The van der Waals surface area contributed by atoms with Gasteiger partial charge in [0.1, 0.15) is 12.4 Å². The van der Waals surface area contributed by atoms with Crippen LogP contribution in [0.5, 0.6) is 5.75 Å². The van der Waals surface area contributed by atoms with Crippen molar-refractivity contribution in [2.75, 3.05) is 32.1 Å². The summed E-state index contributed by atoms with van der Waals surface area (Å²) in [6.07, 6.45) is 4.94. The summed E-state index contributed by atoms with van der Waals surface area (Å²) < 4.78 is 65.5. The third kappa shape index (κ3) is 6.00. The topological polar surface area (TPSA) is 102 Å². The van der Waals surface area contributed by atoms with Gasteiger partial charge in [-0.05, 0) is 61.4 Å². The minimum atomic E-state index is -3.83. The van der Waals surface area contributed by atoms with E-state index in [4.69, 9.17) is 9.47 Å². The first-order valence-corrected chi connectivity index (χ1v) is 13.5. The van der Waals surface area contributed by atoms with E-state index in [9.17, 15) is 16.8 Å². The number of methoxy groups -OCH3 is 1. The summed E-state index contributed by atoms with van der Waals surface area (Å²) in [4.78, 5) is 0.219. The van der Waals surface area contributed by atoms with Gasteiger partial charge in [0, 0.05) is 25.9 Å². The summed E-state index contributed by atoms with van der Waals surface area (Å²) in [5.74, 6) is 0.539. The quantitative estimate of drug-likeness (QED) is 0.520. The molecule has 0 radical (unpaired) electrons. The minimum absolute atomic E-state index is 0.00776. The highest BCUT2D eigenvalue weighted by Gasteiger charge is 2.29. The zero-order valence-electron chi connectivity index (χ0n) is 18.4. The van der Waals surface area contributed by atoms with Crippen LogP contribution in [0.1, 0.15) is 32.1 Å². The third-order valence-electron chi connectivity index (χ3n) is 5.56. The molecule has 1 fully saturated rings. The number of rotatable bonds is 10. The second kappa shape index (κ2) is 10.7. The molecule has 2 aromatic carbocycles. The Bertz CT molecular complexity index is 1080. The summed E-state index contributed by atoms with van der Waals surface area (Å²) in [5.41, 5.74) is 0.282. The molecule has 1 aliphatic carbocycles. The fraction of sp³-hybridized carbons (Fsp3) is 0.455. The summed E-state index contributed by atoms with van der Waals surface area (Å²) >= 11 is 0. The highest BCUT2D eigenvalue weighted by atomic mass is 32.2. The van der Waals surface area contributed by atoms with Gasteiger partial charge in [-0.15, -0.1) is 0 Å². The lowest BCUT2D eigenvalue weighted by molar-refractivity contribution is 0.146. The number of sulfonamides is 2. The zero-order valence-corrected chi connectivity index (χ0v) is 20.0. The van der Waals surface area contributed by atoms with Gasteiger partial charge in [-0.3, -0.25) is 4.72 Å². The van der Waals surface area contributed by atoms with Crippen molar-refractivity contribution in [3.63, 3.8) is 0 Å². The minimum Gasteiger partial charge on any atom is -0.491 e. The van der Waals surface area contributed by atoms with Crippen LogP contribution in [0.25, 0.3) is 0 Å². The maximum atomic E-state index is 12.9. The van der Waals surface area contributed by atoms with Crippen LogP contribution in [0.15, 0.2) is 58.3 Å². The predicted octanol–water partition coefficient (Wildman–Crippen LogP) is 3.47. The van der Waals surface area contributed by atoms with Crippen molar-refractivity contribution < 1.29 is 26.3 Å². The molecular weight excluding hydrogens is 452 g/mol. The Hall–Kier alpha value is -2.14. The maximum Gasteiger partial charge on any atom is 0.261 e. The molecule has 1 N–H and O–H groups in total. The molecule has 32 heavy (non-hydrogen) atoms. The van der Waals surface area contributed by atoms with Gasteiger partial charge < -0.3 is 9.47 Å². The second-order valence-electron chi connectivity index (χ2n) is 7.76. The third-order valence-corrected chi connectivity index (χ3v) is 8.88. The largest absolute Gasteiger partial charge is 0.491 e. The zero-order chi connectivity index (χ0) is 23.2. The summed E-state index contributed by atoms with van der Waals surface area (Å²) in [6, 6.07) is 11.8. The summed E-state index contributed by atoms with van der Waals surface area (Å²) in [5, 5.41) is 0. The van der Waals surface area contributed by atoms with Crippen LogP contribution >= 0.6 is 0 Å². The number of nitrogens with one attached hydrogen (secondary N) is 1. The predicted molar refractivity (Wildman–Crippen MR) is 123 cm³/mol. The standard InChI is InChI=1S/C22H30N2O6S2/c1-24(19-6-4-3-5-7-19)32(27,28)22-12-8-18(9-13-22)23-31(25,26)21-14-10-20(11-15-21)30-17-16-29-2/h8-15,19,23H,3-7,16-17H2,1-2H3. The van der Waals surface area contributed by atoms with E-state index in [2.05, 4.69) is 4.72 Å². The molecule has 0 unspecified atom stereocenters. The van der Waals surface area contributed by atoms with Crippen molar-refractivity contribution in [3.8, 4) is 5.75 Å². The van der Waals surface area contributed by atoms with E-state index in [1.165, 1.54) is 40.7 Å². The Morgan fingerprint density at radius 1 is 0.875 bits per heavy atom. The fourth-order valence-corrected chi connectivity index (χ4v) is 6.15. The lowest BCUT2D eigenvalue weighted by Crippen LogP contribution is -2.38. The molecule has 0 heterocycles. The van der Waals surface area contributed by atoms with E-state index in [0.717, 1.165) is 32.1 Å². The van der Waals surface area contributed by atoms with Crippen molar-refractivity contribution in [2.45, 2.75) is 47.9 Å². The highest BCUT2D eigenvalue weighted by molar-refractivity contribution is 7.92. The maximum absolute atomic E-state index is 12.9. The lowest BCUT2D eigenvalue weighted by Gasteiger charge is -2.30. The van der Waals surface area contributed by atoms with Gasteiger partial charge in [-0.2, -0.15) is 4.31 Å². The van der Waals surface area contributed by atoms with Crippen LogP contribution in [-0.4, -0.2) is 54.6 Å². The molecular formula is C22H30N2O6S2. The molecule has 0 spiro atoms. The van der Waals surface area contributed by atoms with E-state index in [0.29, 0.717) is 19.0 Å². The molecule has 3 rings (SSSR count). The molecule has 0 aliphatic heterocycles. The van der Waals surface area contributed by atoms with Gasteiger partial charge in [0.15, 0.2) is 0 Å². The second-order valence-corrected chi connectivity index (χ2v) is 11.4. The number of anilines is 1. The summed E-state index contributed by atoms with van der Waals surface area (Å²) in [6.45, 7) is 0.801. The highest BCUT2D eigenvalue weighted by Crippen LogP contribution is 2.27. The van der Waals surface area contributed by atoms with Crippen molar-refractivity contribution >= 4 is 25.7 Å². The normalized spacial score (nSPS) is 15.6. The van der Waals surface area contributed by atoms with Gasteiger partial charge in [0.05, 0.1) is 16.4 Å². The average molecular weight is 483 g/mol. The Morgan fingerprint density at radius 3 is 2.06 bits per heavy atom. The molecule has 10 heteroatoms. The number of nitrogens with zero attached hydrogens (tertiary/aromatic N) is 1. The van der Waals surface area contributed by atoms with Crippen LogP contribution in [-0.2, 0) is 24.8 Å². The van der Waals surface area contributed by atoms with E-state index >= 15 is 0 Å². The first kappa shape index (κ1) is 24.5. The number of hydrogen-bond acceptors (Lipinski definition) is 6. The van der Waals surface area contributed by atoms with Crippen LogP contribution in [0.4, 0.5) is 5.69 Å². The average Bonchev–Trinajstić information content (AvgIpc) is 2.80. The van der Waals surface area contributed by atoms with E-state index < -0.39 is 20.0 Å². The van der Waals surface area contributed by atoms with Gasteiger partial charge in [-0.1, -0.05) is 19.3 Å². The molecule has 1 saturated carbocycles. The Balaban J connectivity index is 1.67. The number of benzene rings is 2. The Labute approximate surface area is 190 Å². The van der Waals surface area contributed by atoms with Crippen molar-refractivity contribution in [1.82, 2.24) is 4.31 Å². The van der Waals surface area contributed by atoms with Crippen LogP contribution in [0, 0.1) is 0 Å². The number of hydrogen-bond donors (Lipinski definition) is 1. The van der Waals surface area contributed by atoms with Crippen LogP contribution in [0.3, 0.4) is 0 Å². The monoisotopic (exact) mass is 482 g/mol. The Morgan fingerprint density at radius 2 is 1.47 bits per heavy atom. The first-order chi connectivity index (χ1) is 15.2. The molecule has 0 atom stereocenters. The molecule has 0 saturated heterocycles. The lowest BCUT2D eigenvalue weighted by atomic mass is 9.96. The summed E-state index contributed by atoms with van der Waals surface area (Å²) in [7, 11) is -4.27. The van der Waals surface area contributed by atoms with Crippen molar-refractivity contribution in [1.29, 1.82) is 0 Å². The fourth-order valence-electron chi connectivity index (χ4n) is 3.67. The van der Waals surface area contributed by atoms with Gasteiger partial charge in [0.25, 0.3) is 10.0 Å². The van der Waals surface area contributed by atoms with Crippen LogP contribution in [0.2, 0.25) is 0 Å². The molecule has 1 aliphatic rings. The molecule has 0 aromatic heterocycles. The first-order valence-electron chi connectivity index (χ1n) is 10.6. The molecule has 0 bridgehead atoms. The van der Waals surface area contributed by atoms with Gasteiger partial charge in [0.2, 0.25) is 10.0 Å². The molecule has 0 amide bonds. The molecule has 2 aromatic rings. The molecule has 8 nitrogen and oxygen atoms in total. The van der Waals surface area contributed by atoms with E-state index in [1.54, 1.807) is 26.3 Å². The Kier molecular flexibility index (Phi) is 8.16. The number of ether oxygens (including phenoxy) is 2. The van der Waals surface area contributed by atoms with Crippen molar-refractivity contribution in [2.24, 2.45) is 0 Å². The molecule has 176 valence electrons. The van der Waals surface area contributed by atoms with E-state index in [-0.39, 0.29) is 21.5 Å². The smallest absolute Gasteiger partial charge is 0.261 e. The van der Waals surface area contributed by atoms with Gasteiger partial charge in [-0.25, -0.2) is 16.8 Å². The van der Waals surface area contributed by atoms with Gasteiger partial charge >= 0.3 is 0 Å². The van der Waals surface area contributed by atoms with E-state index in [1.807, 2.05) is 0 Å². The van der Waals surface area contributed by atoms with Crippen molar-refractivity contribution in [3.05, 3.63) is 48.5 Å².